The number of aliphatic carboxylic acids is 2. The van der Waals surface area contributed by atoms with E-state index in [1.165, 1.54) is 0 Å². The van der Waals surface area contributed by atoms with Crippen molar-refractivity contribution >= 4 is 11.9 Å². The largest absolute Gasteiger partial charge is 0.481 e. The third-order valence-electron chi connectivity index (χ3n) is 2.65. The molecule has 0 spiro atoms. The number of nitrogens with zero attached hydrogens (tertiary/aromatic N) is 1. The molecule has 1 saturated heterocycles. The number of rotatable bonds is 11. The second kappa shape index (κ2) is 12.5. The van der Waals surface area contributed by atoms with Gasteiger partial charge in [0.2, 0.25) is 0 Å². The molecule has 124 valence electrons. The highest BCUT2D eigenvalue weighted by atomic mass is 16.8. The van der Waals surface area contributed by atoms with E-state index in [0.29, 0.717) is 25.6 Å². The Labute approximate surface area is 125 Å². The van der Waals surface area contributed by atoms with Crippen LogP contribution in [0.4, 0.5) is 0 Å². The maximum Gasteiger partial charge on any atom is 0.303 e. The number of carbonyl (C=O) groups is 2. The first-order valence-corrected chi connectivity index (χ1v) is 7.29. The van der Waals surface area contributed by atoms with Crippen molar-refractivity contribution in [2.24, 2.45) is 5.73 Å². The monoisotopic (exact) mass is 305 g/mol. The smallest absolute Gasteiger partial charge is 0.303 e. The summed E-state index contributed by atoms with van der Waals surface area (Å²) in [5.74, 6) is -1.74. The molecule has 21 heavy (non-hydrogen) atoms. The Morgan fingerprint density at radius 1 is 1.24 bits per heavy atom. The molecule has 8 nitrogen and oxygen atoms in total. The normalized spacial score (nSPS) is 19.5. The molecule has 0 saturated carbocycles. The average Bonchev–Trinajstić information content (AvgIpc) is 3.14. The van der Waals surface area contributed by atoms with Gasteiger partial charge in [-0.3, -0.25) is 14.4 Å². The van der Waals surface area contributed by atoms with Crippen molar-refractivity contribution in [2.75, 3.05) is 26.2 Å². The quantitative estimate of drug-likeness (QED) is 0.315. The van der Waals surface area contributed by atoms with Crippen LogP contribution in [0.1, 0.15) is 39.0 Å². The van der Waals surface area contributed by atoms with Gasteiger partial charge in [-0.2, -0.15) is 5.06 Å². The zero-order valence-electron chi connectivity index (χ0n) is 12.6. The summed E-state index contributed by atoms with van der Waals surface area (Å²) >= 11 is 0. The Hall–Kier alpha value is -1.22. The summed E-state index contributed by atoms with van der Waals surface area (Å²) in [5, 5.41) is 21.4. The molecule has 1 fully saturated rings. The molecule has 1 aliphatic heterocycles. The molecule has 0 aromatic heterocycles. The molecule has 0 aliphatic carbocycles. The van der Waals surface area contributed by atoms with Crippen molar-refractivity contribution in [3.8, 4) is 0 Å². The molecular weight excluding hydrogens is 278 g/mol. The molecule has 1 aliphatic rings. The number of unbranched alkanes of at least 4 members (excludes halogenated alkanes) is 1. The SMILES string of the molecule is CCCN1OC1CNCCN.O=C(O)CCCCC(=O)O. The van der Waals surface area contributed by atoms with Gasteiger partial charge < -0.3 is 21.3 Å². The Kier molecular flexibility index (Phi) is 11.8. The van der Waals surface area contributed by atoms with E-state index in [0.717, 1.165) is 26.1 Å². The number of hydrogen-bond acceptors (Lipinski definition) is 6. The van der Waals surface area contributed by atoms with Crippen molar-refractivity contribution in [1.82, 2.24) is 10.4 Å². The summed E-state index contributed by atoms with van der Waals surface area (Å²) in [4.78, 5) is 25.0. The Morgan fingerprint density at radius 2 is 1.81 bits per heavy atom. The van der Waals surface area contributed by atoms with Crippen molar-refractivity contribution in [1.29, 1.82) is 0 Å². The fraction of sp³-hybridized carbons (Fsp3) is 0.846. The highest BCUT2D eigenvalue weighted by molar-refractivity contribution is 5.67. The van der Waals surface area contributed by atoms with Gasteiger partial charge >= 0.3 is 11.9 Å². The standard InChI is InChI=1S/C7H17N3O.C6H10O4/c1-2-5-10-7(11-10)6-9-4-3-8;7-5(8)3-1-2-4-6(9)10/h7,9H,2-6,8H2,1H3;1-4H2,(H,7,8)(H,9,10). The van der Waals surface area contributed by atoms with Gasteiger partial charge in [0.05, 0.1) is 0 Å². The lowest BCUT2D eigenvalue weighted by Gasteiger charge is -1.97. The van der Waals surface area contributed by atoms with Crippen molar-refractivity contribution in [3.63, 3.8) is 0 Å². The Bertz CT molecular complexity index is 286. The van der Waals surface area contributed by atoms with Crippen molar-refractivity contribution < 1.29 is 24.6 Å². The van der Waals surface area contributed by atoms with Gasteiger partial charge in [-0.25, -0.2) is 0 Å². The van der Waals surface area contributed by atoms with Gasteiger partial charge in [0.15, 0.2) is 6.23 Å². The van der Waals surface area contributed by atoms with Crippen LogP contribution in [0.2, 0.25) is 0 Å². The molecule has 8 heteroatoms. The Morgan fingerprint density at radius 3 is 2.24 bits per heavy atom. The van der Waals surface area contributed by atoms with Gasteiger partial charge in [-0.15, -0.1) is 0 Å². The lowest BCUT2D eigenvalue weighted by molar-refractivity contribution is -0.139. The molecule has 5 N–H and O–H groups in total. The molecule has 1 heterocycles. The zero-order valence-corrected chi connectivity index (χ0v) is 12.6. The molecule has 2 atom stereocenters. The number of hydrogen-bond donors (Lipinski definition) is 4. The number of carboxylic acid groups (broad SMARTS) is 2. The van der Waals surface area contributed by atoms with Crippen LogP contribution in [0, 0.1) is 0 Å². The molecule has 0 aromatic carbocycles. The summed E-state index contributed by atoms with van der Waals surface area (Å²) in [7, 11) is 0. The van der Waals surface area contributed by atoms with Gasteiger partial charge in [0.1, 0.15) is 0 Å². The van der Waals surface area contributed by atoms with Crippen LogP contribution in [0.15, 0.2) is 0 Å². The first kappa shape index (κ1) is 19.8. The summed E-state index contributed by atoms with van der Waals surface area (Å²) in [6.45, 7) is 5.65. The second-order valence-electron chi connectivity index (χ2n) is 4.69. The fourth-order valence-electron chi connectivity index (χ4n) is 1.57. The maximum atomic E-state index is 9.90. The third-order valence-corrected chi connectivity index (χ3v) is 2.65. The predicted molar refractivity (Wildman–Crippen MR) is 77.5 cm³/mol. The molecule has 0 amide bonds. The Balaban J connectivity index is 0.000000384. The summed E-state index contributed by atoms with van der Waals surface area (Å²) < 4.78 is 0. The van der Waals surface area contributed by atoms with E-state index in [4.69, 9.17) is 20.8 Å². The van der Waals surface area contributed by atoms with E-state index in [9.17, 15) is 9.59 Å². The minimum atomic E-state index is -0.870. The van der Waals surface area contributed by atoms with Gasteiger partial charge in [-0.1, -0.05) is 6.92 Å². The number of nitrogens with two attached hydrogens (primary N) is 1. The first-order chi connectivity index (χ1) is 10.0. The molecule has 2 unspecified atom stereocenters. The van der Waals surface area contributed by atoms with Crippen LogP contribution in [-0.2, 0) is 14.4 Å². The summed E-state index contributed by atoms with van der Waals surface area (Å²) in [6.07, 6.45) is 2.47. The lowest BCUT2D eigenvalue weighted by Crippen LogP contribution is -2.27. The average molecular weight is 305 g/mol. The first-order valence-electron chi connectivity index (χ1n) is 7.29. The van der Waals surface area contributed by atoms with E-state index in [2.05, 4.69) is 12.2 Å². The molecule has 0 radical (unpaired) electrons. The topological polar surface area (TPSA) is 128 Å². The highest BCUT2D eigenvalue weighted by Crippen LogP contribution is 2.18. The van der Waals surface area contributed by atoms with Crippen LogP contribution in [-0.4, -0.2) is 59.6 Å². The van der Waals surface area contributed by atoms with Gasteiger partial charge in [0, 0.05) is 39.0 Å². The molecular formula is C13H27N3O5. The van der Waals surface area contributed by atoms with E-state index in [1.807, 2.05) is 5.06 Å². The van der Waals surface area contributed by atoms with Gasteiger partial charge in [0.25, 0.3) is 0 Å². The molecule has 0 bridgehead atoms. The minimum Gasteiger partial charge on any atom is -0.481 e. The number of nitrogens with one attached hydrogen (secondary N) is 1. The van der Waals surface area contributed by atoms with E-state index >= 15 is 0 Å². The van der Waals surface area contributed by atoms with Crippen molar-refractivity contribution in [2.45, 2.75) is 45.3 Å². The highest BCUT2D eigenvalue weighted by Gasteiger charge is 2.34. The van der Waals surface area contributed by atoms with Crippen molar-refractivity contribution in [3.05, 3.63) is 0 Å². The van der Waals surface area contributed by atoms with Gasteiger partial charge in [-0.05, 0) is 19.3 Å². The van der Waals surface area contributed by atoms with Crippen LogP contribution in [0.25, 0.3) is 0 Å². The maximum absolute atomic E-state index is 9.90. The zero-order chi connectivity index (χ0) is 16.1. The molecule has 0 aromatic rings. The second-order valence-corrected chi connectivity index (χ2v) is 4.69. The van der Waals surface area contributed by atoms with E-state index in [1.54, 1.807) is 0 Å². The minimum absolute atomic E-state index is 0.0628. The summed E-state index contributed by atoms with van der Waals surface area (Å²) in [6, 6.07) is 0. The number of carboxylic acids is 2. The number of hydroxylamine groups is 2. The fourth-order valence-corrected chi connectivity index (χ4v) is 1.57. The van der Waals surface area contributed by atoms with Crippen LogP contribution >= 0.6 is 0 Å². The van der Waals surface area contributed by atoms with E-state index < -0.39 is 11.9 Å². The van der Waals surface area contributed by atoms with Crippen LogP contribution in [0.5, 0.6) is 0 Å². The lowest BCUT2D eigenvalue weighted by atomic mass is 10.2. The van der Waals surface area contributed by atoms with E-state index in [-0.39, 0.29) is 12.8 Å². The third kappa shape index (κ3) is 13.5. The van der Waals surface area contributed by atoms with Crippen LogP contribution in [0.3, 0.4) is 0 Å². The predicted octanol–water partition coefficient (Wildman–Crippen LogP) is 0.234. The summed E-state index contributed by atoms with van der Waals surface area (Å²) in [5.41, 5.74) is 5.31. The van der Waals surface area contributed by atoms with Crippen LogP contribution < -0.4 is 11.1 Å². The molecule has 1 rings (SSSR count).